The third kappa shape index (κ3) is 9.52. The number of carbonyl (C=O) groups is 2. The first-order valence-corrected chi connectivity index (χ1v) is 15.0. The summed E-state index contributed by atoms with van der Waals surface area (Å²) in [6.45, 7) is 3.92. The molecule has 2 fully saturated rings. The van der Waals surface area contributed by atoms with E-state index in [0.29, 0.717) is 62.5 Å². The van der Waals surface area contributed by atoms with E-state index in [1.807, 2.05) is 31.1 Å². The fraction of sp³-hybridized carbons (Fsp3) is 0.533. The lowest BCUT2D eigenvalue weighted by molar-refractivity contribution is 0.0241. The Balaban J connectivity index is 0.000000208. The zero-order valence-electron chi connectivity index (χ0n) is 24.8. The standard InChI is InChI=1S/C18H22ClN3O3.C12H19N3O3/c1-21-12-17(20-13-21)18(23)22(15-6-9-24-10-7-15)8-11-25-16-4-2-14(19)3-5-16;1-14-8-11(13-9-14)12(17)15(4-5-16)10-2-6-18-7-3-10/h2-5,12-13,15H,6-11H2,1H3;8-10,16H,2-7H2,1H3. The largest absolute Gasteiger partial charge is 0.492 e. The van der Waals surface area contributed by atoms with Crippen LogP contribution in [0.4, 0.5) is 0 Å². The fourth-order valence-corrected chi connectivity index (χ4v) is 5.26. The second kappa shape index (κ2) is 16.4. The van der Waals surface area contributed by atoms with Gasteiger partial charge in [-0.1, -0.05) is 11.6 Å². The van der Waals surface area contributed by atoms with Gasteiger partial charge in [0.25, 0.3) is 11.8 Å². The number of aromatic nitrogens is 4. The summed E-state index contributed by atoms with van der Waals surface area (Å²) >= 11 is 5.88. The van der Waals surface area contributed by atoms with Gasteiger partial charge in [-0.05, 0) is 49.9 Å². The minimum absolute atomic E-state index is 0.0318. The second-order valence-electron chi connectivity index (χ2n) is 10.6. The van der Waals surface area contributed by atoms with Crippen LogP contribution in [-0.4, -0.2) is 111 Å². The van der Waals surface area contributed by atoms with Crippen molar-refractivity contribution in [2.24, 2.45) is 14.1 Å². The number of amides is 2. The molecule has 2 aliphatic rings. The molecule has 2 amide bonds. The van der Waals surface area contributed by atoms with E-state index in [2.05, 4.69) is 9.97 Å². The Morgan fingerprint density at radius 2 is 1.33 bits per heavy atom. The van der Waals surface area contributed by atoms with Crippen LogP contribution in [0.2, 0.25) is 5.02 Å². The molecule has 43 heavy (non-hydrogen) atoms. The molecule has 13 heteroatoms. The van der Waals surface area contributed by atoms with Crippen molar-refractivity contribution in [1.82, 2.24) is 28.9 Å². The van der Waals surface area contributed by atoms with E-state index >= 15 is 0 Å². The van der Waals surface area contributed by atoms with Crippen LogP contribution >= 0.6 is 11.6 Å². The summed E-state index contributed by atoms with van der Waals surface area (Å²) in [5.41, 5.74) is 0.887. The van der Waals surface area contributed by atoms with Crippen LogP contribution < -0.4 is 4.74 Å². The molecule has 2 saturated heterocycles. The summed E-state index contributed by atoms with van der Waals surface area (Å²) in [5, 5.41) is 9.79. The summed E-state index contributed by atoms with van der Waals surface area (Å²) in [5.74, 6) is 0.561. The first-order valence-electron chi connectivity index (χ1n) is 14.6. The summed E-state index contributed by atoms with van der Waals surface area (Å²) in [6.07, 6.45) is 9.99. The number of benzene rings is 1. The maximum Gasteiger partial charge on any atom is 0.274 e. The molecule has 4 heterocycles. The second-order valence-corrected chi connectivity index (χ2v) is 11.0. The van der Waals surface area contributed by atoms with E-state index < -0.39 is 0 Å². The highest BCUT2D eigenvalue weighted by atomic mass is 35.5. The van der Waals surface area contributed by atoms with E-state index in [9.17, 15) is 9.59 Å². The summed E-state index contributed by atoms with van der Waals surface area (Å²) in [6, 6.07) is 7.50. The predicted molar refractivity (Wildman–Crippen MR) is 160 cm³/mol. The Morgan fingerprint density at radius 3 is 1.74 bits per heavy atom. The van der Waals surface area contributed by atoms with Crippen LogP contribution in [0.3, 0.4) is 0 Å². The van der Waals surface area contributed by atoms with Crippen LogP contribution in [0.25, 0.3) is 0 Å². The number of aliphatic hydroxyl groups is 1. The number of rotatable bonds is 10. The average Bonchev–Trinajstić information content (AvgIpc) is 3.68. The molecule has 0 saturated carbocycles. The highest BCUT2D eigenvalue weighted by molar-refractivity contribution is 6.30. The molecule has 0 unspecified atom stereocenters. The Morgan fingerprint density at radius 1 is 0.860 bits per heavy atom. The summed E-state index contributed by atoms with van der Waals surface area (Å²) in [4.78, 5) is 37.1. The Kier molecular flexibility index (Phi) is 12.4. The normalized spacial score (nSPS) is 15.8. The molecular formula is C30H41ClN6O6. The van der Waals surface area contributed by atoms with Crippen molar-refractivity contribution in [2.45, 2.75) is 37.8 Å². The van der Waals surface area contributed by atoms with Gasteiger partial charge >= 0.3 is 0 Å². The lowest BCUT2D eigenvalue weighted by Gasteiger charge is -2.33. The van der Waals surface area contributed by atoms with Gasteiger partial charge in [0, 0.05) is 76.6 Å². The number of aliphatic hydroxyl groups excluding tert-OH is 1. The van der Waals surface area contributed by atoms with Gasteiger partial charge in [-0.3, -0.25) is 9.59 Å². The number of carbonyl (C=O) groups excluding carboxylic acids is 2. The monoisotopic (exact) mass is 616 g/mol. The maximum absolute atomic E-state index is 12.9. The van der Waals surface area contributed by atoms with Gasteiger partial charge in [-0.15, -0.1) is 0 Å². The number of nitrogens with zero attached hydrogens (tertiary/aromatic N) is 6. The lowest BCUT2D eigenvalue weighted by atomic mass is 10.1. The molecule has 0 aliphatic carbocycles. The topological polar surface area (TPSA) is 124 Å². The summed E-state index contributed by atoms with van der Waals surface area (Å²) in [7, 11) is 3.68. The van der Waals surface area contributed by atoms with Gasteiger partial charge in [0.05, 0.1) is 25.8 Å². The van der Waals surface area contributed by atoms with Gasteiger partial charge in [-0.25, -0.2) is 9.97 Å². The van der Waals surface area contributed by atoms with Crippen molar-refractivity contribution in [3.63, 3.8) is 0 Å². The van der Waals surface area contributed by atoms with Gasteiger partial charge in [0.2, 0.25) is 0 Å². The van der Waals surface area contributed by atoms with Crippen LogP contribution in [0.15, 0.2) is 49.3 Å². The predicted octanol–water partition coefficient (Wildman–Crippen LogP) is 2.81. The molecule has 234 valence electrons. The van der Waals surface area contributed by atoms with Crippen molar-refractivity contribution in [3.8, 4) is 5.75 Å². The lowest BCUT2D eigenvalue weighted by Crippen LogP contribution is -2.45. The molecule has 2 aliphatic heterocycles. The molecule has 3 aromatic rings. The van der Waals surface area contributed by atoms with Crippen molar-refractivity contribution >= 4 is 23.4 Å². The molecule has 0 radical (unpaired) electrons. The SMILES string of the molecule is Cn1cnc(C(=O)N(CCO)C2CCOCC2)c1.Cn1cnc(C(=O)N(CCOc2ccc(Cl)cc2)C2CCOCC2)c1. The molecule has 1 aromatic carbocycles. The third-order valence-corrected chi connectivity index (χ3v) is 7.64. The first kappa shape index (κ1) is 32.5. The quantitative estimate of drug-likeness (QED) is 0.369. The van der Waals surface area contributed by atoms with E-state index in [0.717, 1.165) is 31.4 Å². The van der Waals surface area contributed by atoms with Gasteiger partial charge < -0.3 is 38.3 Å². The molecule has 0 bridgehead atoms. The van der Waals surface area contributed by atoms with Crippen LogP contribution in [0.1, 0.15) is 46.7 Å². The van der Waals surface area contributed by atoms with Gasteiger partial charge in [-0.2, -0.15) is 0 Å². The van der Waals surface area contributed by atoms with E-state index in [1.54, 1.807) is 51.2 Å². The van der Waals surface area contributed by atoms with Crippen LogP contribution in [0, 0.1) is 0 Å². The third-order valence-electron chi connectivity index (χ3n) is 7.39. The fourth-order valence-electron chi connectivity index (χ4n) is 5.13. The first-order chi connectivity index (χ1) is 20.9. The molecule has 12 nitrogen and oxygen atoms in total. The Hall–Kier alpha value is -3.45. The number of ether oxygens (including phenoxy) is 3. The van der Waals surface area contributed by atoms with Crippen molar-refractivity contribution in [2.75, 3.05) is 52.7 Å². The zero-order valence-corrected chi connectivity index (χ0v) is 25.6. The number of halogens is 1. The Bertz CT molecular complexity index is 1290. The highest BCUT2D eigenvalue weighted by Gasteiger charge is 2.28. The number of hydrogen-bond donors (Lipinski definition) is 1. The molecular weight excluding hydrogens is 576 g/mol. The zero-order chi connectivity index (χ0) is 30.6. The van der Waals surface area contributed by atoms with Crippen molar-refractivity contribution in [1.29, 1.82) is 0 Å². The Labute approximate surface area is 257 Å². The average molecular weight is 617 g/mol. The molecule has 0 atom stereocenters. The van der Waals surface area contributed by atoms with Crippen LogP contribution in [0.5, 0.6) is 5.75 Å². The highest BCUT2D eigenvalue weighted by Crippen LogP contribution is 2.19. The smallest absolute Gasteiger partial charge is 0.274 e. The van der Waals surface area contributed by atoms with Gasteiger partial charge in [0.1, 0.15) is 23.7 Å². The van der Waals surface area contributed by atoms with Gasteiger partial charge in [0.15, 0.2) is 0 Å². The molecule has 0 spiro atoms. The van der Waals surface area contributed by atoms with Crippen molar-refractivity contribution < 1.29 is 28.9 Å². The molecule has 5 rings (SSSR count). The van der Waals surface area contributed by atoms with E-state index in [4.69, 9.17) is 30.9 Å². The number of aryl methyl sites for hydroxylation is 2. The van der Waals surface area contributed by atoms with Crippen molar-refractivity contribution in [3.05, 3.63) is 65.7 Å². The van der Waals surface area contributed by atoms with E-state index in [-0.39, 0.29) is 30.5 Å². The minimum atomic E-state index is -0.114. The molecule has 1 N–H and O–H groups in total. The molecule has 2 aromatic heterocycles. The minimum Gasteiger partial charge on any atom is -0.492 e. The maximum atomic E-state index is 12.9. The van der Waals surface area contributed by atoms with E-state index in [1.165, 1.54) is 0 Å². The number of hydrogen-bond acceptors (Lipinski definition) is 8. The summed E-state index contributed by atoms with van der Waals surface area (Å²) < 4.78 is 20.0. The van der Waals surface area contributed by atoms with Crippen LogP contribution in [-0.2, 0) is 23.6 Å². The number of imidazole rings is 2.